The SMILES string of the molecule is COc1cc2c(cc(C(=O)NC3(c4cc(C)c(C(=O)O)cc4F)COC3)n2C)c(Cl)c1Cl. The average Bonchev–Trinajstić information content (AvgIpc) is 3.05. The second-order valence-corrected chi connectivity index (χ2v) is 8.47. The topological polar surface area (TPSA) is 89.8 Å². The van der Waals surface area contributed by atoms with Gasteiger partial charge >= 0.3 is 5.97 Å². The number of aryl methyl sites for hydroxylation is 2. The molecule has 1 aliphatic heterocycles. The van der Waals surface area contributed by atoms with Crippen molar-refractivity contribution in [3.8, 4) is 5.75 Å². The number of aromatic nitrogens is 1. The van der Waals surface area contributed by atoms with Crippen LogP contribution in [0.1, 0.15) is 32.0 Å². The fraction of sp³-hybridized carbons (Fsp3) is 0.273. The molecule has 2 aromatic carbocycles. The molecule has 2 N–H and O–H groups in total. The summed E-state index contributed by atoms with van der Waals surface area (Å²) in [6.45, 7) is 1.67. The number of nitrogens with zero attached hydrogens (tertiary/aromatic N) is 1. The Bertz CT molecular complexity index is 1280. The van der Waals surface area contributed by atoms with Gasteiger partial charge < -0.3 is 24.5 Å². The van der Waals surface area contributed by atoms with Gasteiger partial charge in [0, 0.05) is 24.1 Å². The molecular weight excluding hydrogens is 462 g/mol. The van der Waals surface area contributed by atoms with Gasteiger partial charge in [-0.3, -0.25) is 4.79 Å². The van der Waals surface area contributed by atoms with Gasteiger partial charge in [0.2, 0.25) is 0 Å². The normalized spacial score (nSPS) is 14.8. The van der Waals surface area contributed by atoms with Crippen molar-refractivity contribution in [3.63, 3.8) is 0 Å². The number of carboxylic acids is 1. The lowest BCUT2D eigenvalue weighted by molar-refractivity contribution is -0.0750. The Morgan fingerprint density at radius 1 is 1.22 bits per heavy atom. The number of halogens is 3. The van der Waals surface area contributed by atoms with Crippen molar-refractivity contribution in [2.24, 2.45) is 7.05 Å². The number of carbonyl (C=O) groups excluding carboxylic acids is 1. The molecule has 168 valence electrons. The van der Waals surface area contributed by atoms with Crippen LogP contribution in [0.3, 0.4) is 0 Å². The van der Waals surface area contributed by atoms with Crippen molar-refractivity contribution in [2.45, 2.75) is 12.5 Å². The van der Waals surface area contributed by atoms with E-state index in [9.17, 15) is 19.1 Å². The Hall–Kier alpha value is -2.81. The first-order chi connectivity index (χ1) is 15.1. The molecule has 0 atom stereocenters. The summed E-state index contributed by atoms with van der Waals surface area (Å²) < 4.78 is 27.0. The van der Waals surface area contributed by atoms with Crippen molar-refractivity contribution in [1.82, 2.24) is 9.88 Å². The number of hydrogen-bond donors (Lipinski definition) is 2. The fourth-order valence-corrected chi connectivity index (χ4v) is 4.39. The first-order valence-electron chi connectivity index (χ1n) is 9.55. The smallest absolute Gasteiger partial charge is 0.336 e. The van der Waals surface area contributed by atoms with Gasteiger partial charge in [0.25, 0.3) is 5.91 Å². The Kier molecular flexibility index (Phi) is 5.56. The predicted molar refractivity (Wildman–Crippen MR) is 118 cm³/mol. The highest BCUT2D eigenvalue weighted by Gasteiger charge is 2.44. The van der Waals surface area contributed by atoms with Crippen molar-refractivity contribution in [1.29, 1.82) is 0 Å². The second-order valence-electron chi connectivity index (χ2n) is 7.71. The zero-order chi connectivity index (χ0) is 23.4. The molecule has 1 aromatic heterocycles. The van der Waals surface area contributed by atoms with E-state index in [-0.39, 0.29) is 40.1 Å². The molecule has 4 rings (SSSR count). The summed E-state index contributed by atoms with van der Waals surface area (Å²) in [5.41, 5.74) is 0.194. The summed E-state index contributed by atoms with van der Waals surface area (Å²) in [7, 11) is 3.16. The molecule has 0 radical (unpaired) electrons. The van der Waals surface area contributed by atoms with Gasteiger partial charge in [-0.2, -0.15) is 0 Å². The number of fused-ring (bicyclic) bond motifs is 1. The van der Waals surface area contributed by atoms with Crippen LogP contribution in [0.5, 0.6) is 5.75 Å². The molecule has 1 saturated heterocycles. The van der Waals surface area contributed by atoms with E-state index in [2.05, 4.69) is 5.32 Å². The van der Waals surface area contributed by atoms with E-state index < -0.39 is 23.2 Å². The minimum atomic E-state index is -1.22. The van der Waals surface area contributed by atoms with Crippen LogP contribution < -0.4 is 10.1 Å². The number of carbonyl (C=O) groups is 2. The molecule has 1 amide bonds. The molecular formula is C22H19Cl2FN2O5. The number of benzene rings is 2. The molecule has 3 aromatic rings. The highest BCUT2D eigenvalue weighted by molar-refractivity contribution is 6.46. The highest BCUT2D eigenvalue weighted by Crippen LogP contribution is 2.40. The number of rotatable bonds is 5. The zero-order valence-corrected chi connectivity index (χ0v) is 18.9. The lowest BCUT2D eigenvalue weighted by Crippen LogP contribution is -2.60. The molecule has 10 heteroatoms. The molecule has 1 fully saturated rings. The molecule has 32 heavy (non-hydrogen) atoms. The molecule has 0 bridgehead atoms. The molecule has 0 spiro atoms. The largest absolute Gasteiger partial charge is 0.495 e. The molecule has 1 aliphatic rings. The first-order valence-corrected chi connectivity index (χ1v) is 10.3. The maximum absolute atomic E-state index is 14.9. The van der Waals surface area contributed by atoms with Gasteiger partial charge in [-0.1, -0.05) is 23.2 Å². The van der Waals surface area contributed by atoms with Crippen LogP contribution >= 0.6 is 23.2 Å². The van der Waals surface area contributed by atoms with Crippen LogP contribution in [-0.2, 0) is 17.3 Å². The second kappa shape index (κ2) is 7.95. The number of ether oxygens (including phenoxy) is 2. The third kappa shape index (κ3) is 3.39. The van der Waals surface area contributed by atoms with E-state index in [1.165, 1.54) is 13.2 Å². The van der Waals surface area contributed by atoms with E-state index in [1.807, 2.05) is 0 Å². The molecule has 2 heterocycles. The highest BCUT2D eigenvalue weighted by atomic mass is 35.5. The number of hydrogen-bond acceptors (Lipinski definition) is 4. The van der Waals surface area contributed by atoms with Gasteiger partial charge in [-0.15, -0.1) is 0 Å². The lowest BCUT2D eigenvalue weighted by Gasteiger charge is -2.42. The summed E-state index contributed by atoms with van der Waals surface area (Å²) in [5, 5.41) is 13.2. The summed E-state index contributed by atoms with van der Waals surface area (Å²) >= 11 is 12.6. The first kappa shape index (κ1) is 22.4. The van der Waals surface area contributed by atoms with Crippen LogP contribution in [0, 0.1) is 12.7 Å². The van der Waals surface area contributed by atoms with Crippen molar-refractivity contribution in [3.05, 3.63) is 62.5 Å². The average molecular weight is 481 g/mol. The quantitative estimate of drug-likeness (QED) is 0.568. The van der Waals surface area contributed by atoms with Gasteiger partial charge in [0.1, 0.15) is 27.8 Å². The molecule has 0 aliphatic carbocycles. The number of carboxylic acid groups (broad SMARTS) is 1. The summed E-state index contributed by atoms with van der Waals surface area (Å²) in [4.78, 5) is 24.5. The van der Waals surface area contributed by atoms with E-state index >= 15 is 0 Å². The van der Waals surface area contributed by atoms with Crippen LogP contribution in [0.25, 0.3) is 10.9 Å². The van der Waals surface area contributed by atoms with E-state index in [4.69, 9.17) is 32.7 Å². The van der Waals surface area contributed by atoms with Gasteiger partial charge in [-0.25, -0.2) is 9.18 Å². The minimum absolute atomic E-state index is 0.0475. The summed E-state index contributed by atoms with van der Waals surface area (Å²) in [5.74, 6) is -2.06. The van der Waals surface area contributed by atoms with Gasteiger partial charge in [0.05, 0.1) is 36.4 Å². The lowest BCUT2D eigenvalue weighted by atomic mass is 9.85. The van der Waals surface area contributed by atoms with Crippen LogP contribution in [-0.4, -0.2) is 41.9 Å². The predicted octanol–water partition coefficient (Wildman–Crippen LogP) is 4.29. The van der Waals surface area contributed by atoms with E-state index in [0.29, 0.717) is 22.2 Å². The third-order valence-corrected chi connectivity index (χ3v) is 6.62. The van der Waals surface area contributed by atoms with E-state index in [0.717, 1.165) is 6.07 Å². The van der Waals surface area contributed by atoms with Crippen LogP contribution in [0.4, 0.5) is 4.39 Å². The summed E-state index contributed by atoms with van der Waals surface area (Å²) in [6.07, 6.45) is 0. The fourth-order valence-electron chi connectivity index (χ4n) is 3.91. The van der Waals surface area contributed by atoms with Crippen molar-refractivity contribution < 1.29 is 28.6 Å². The van der Waals surface area contributed by atoms with Crippen LogP contribution in [0.2, 0.25) is 10.0 Å². The Balaban J connectivity index is 1.74. The zero-order valence-electron chi connectivity index (χ0n) is 17.4. The van der Waals surface area contributed by atoms with Gasteiger partial charge in [-0.05, 0) is 30.7 Å². The number of aromatic carboxylic acids is 1. The Morgan fingerprint density at radius 2 is 1.91 bits per heavy atom. The van der Waals surface area contributed by atoms with Gasteiger partial charge in [0.15, 0.2) is 0 Å². The maximum Gasteiger partial charge on any atom is 0.336 e. The monoisotopic (exact) mass is 480 g/mol. The Labute approximate surface area is 192 Å². The maximum atomic E-state index is 14.9. The van der Waals surface area contributed by atoms with Crippen molar-refractivity contribution in [2.75, 3.05) is 20.3 Å². The van der Waals surface area contributed by atoms with Crippen LogP contribution in [0.15, 0.2) is 24.3 Å². The van der Waals surface area contributed by atoms with Crippen molar-refractivity contribution >= 4 is 46.0 Å². The number of amides is 1. The Morgan fingerprint density at radius 3 is 2.47 bits per heavy atom. The standard InChI is InChI=1S/C22H19Cl2FN2O5/c1-10-4-13(14(25)5-11(10)21(29)30)22(8-32-9-22)26-20(28)16-6-12-15(27(16)2)7-17(31-3)19(24)18(12)23/h4-7H,8-9H2,1-3H3,(H,26,28)(H,29,30). The number of methoxy groups -OCH3 is 1. The van der Waals surface area contributed by atoms with E-state index in [1.54, 1.807) is 30.7 Å². The minimum Gasteiger partial charge on any atom is -0.495 e. The number of nitrogens with one attached hydrogen (secondary N) is 1. The molecule has 0 unspecified atom stereocenters. The third-order valence-electron chi connectivity index (χ3n) is 5.76. The molecule has 0 saturated carbocycles. The summed E-state index contributed by atoms with van der Waals surface area (Å²) in [6, 6.07) is 5.67. The molecule has 7 nitrogen and oxygen atoms in total.